The molecule has 1 atom stereocenters. The van der Waals surface area contributed by atoms with Crippen LogP contribution in [-0.2, 0) is 11.2 Å². The summed E-state index contributed by atoms with van der Waals surface area (Å²) in [5.41, 5.74) is 8.74. The Balaban J connectivity index is 1.22. The minimum atomic E-state index is -0.429. The lowest BCUT2D eigenvalue weighted by atomic mass is 10.1. The van der Waals surface area contributed by atoms with Crippen molar-refractivity contribution in [2.75, 3.05) is 24.6 Å². The average molecular weight is 427 g/mol. The molecule has 2 aliphatic rings. The number of aromatic nitrogens is 1. The van der Waals surface area contributed by atoms with Crippen molar-refractivity contribution in [2.45, 2.75) is 32.2 Å². The predicted molar refractivity (Wildman–Crippen MR) is 113 cm³/mol. The van der Waals surface area contributed by atoms with Gasteiger partial charge in [-0.3, -0.25) is 30.8 Å². The fourth-order valence-corrected chi connectivity index (χ4v) is 3.27. The highest BCUT2D eigenvalue weighted by Gasteiger charge is 2.28. The number of pyridine rings is 1. The number of rotatable bonds is 10. The predicted octanol–water partition coefficient (Wildman–Crippen LogP) is 2.46. The van der Waals surface area contributed by atoms with Crippen LogP contribution in [0.15, 0.2) is 36.5 Å². The Hall–Kier alpha value is -3.04. The number of urea groups is 1. The van der Waals surface area contributed by atoms with Gasteiger partial charge in [0.15, 0.2) is 11.6 Å². The molecular weight excluding hydrogens is 401 g/mol. The lowest BCUT2D eigenvalue weighted by Gasteiger charge is -2.17. The highest BCUT2D eigenvalue weighted by molar-refractivity contribution is 6.12. The second-order valence-electron chi connectivity index (χ2n) is 7.93. The van der Waals surface area contributed by atoms with Gasteiger partial charge < -0.3 is 4.74 Å². The number of nitrogens with zero attached hydrogens (tertiary/aromatic N) is 2. The van der Waals surface area contributed by atoms with Crippen LogP contribution in [-0.4, -0.2) is 36.6 Å². The molecule has 1 aromatic heterocycles. The van der Waals surface area contributed by atoms with Crippen molar-refractivity contribution in [3.63, 3.8) is 0 Å². The van der Waals surface area contributed by atoms with Crippen molar-refractivity contribution in [2.24, 2.45) is 5.92 Å². The second kappa shape index (κ2) is 9.40. The van der Waals surface area contributed by atoms with E-state index in [9.17, 15) is 14.0 Å². The lowest BCUT2D eigenvalue weighted by molar-refractivity contribution is -0.117. The molecule has 31 heavy (non-hydrogen) atoms. The first-order chi connectivity index (χ1) is 15.0. The highest BCUT2D eigenvalue weighted by atomic mass is 19.1. The quantitative estimate of drug-likeness (QED) is 0.306. The fourth-order valence-electron chi connectivity index (χ4n) is 3.27. The number of amides is 3. The summed E-state index contributed by atoms with van der Waals surface area (Å²) in [4.78, 5) is 28.7. The summed E-state index contributed by atoms with van der Waals surface area (Å²) < 4.78 is 19.6. The number of imide groups is 1. The Morgan fingerprint density at radius 3 is 2.81 bits per heavy atom. The van der Waals surface area contributed by atoms with E-state index < -0.39 is 6.03 Å². The third-order valence-electron chi connectivity index (χ3n) is 5.37. The Bertz CT molecular complexity index is 949. The molecule has 2 heterocycles. The summed E-state index contributed by atoms with van der Waals surface area (Å²) in [5.74, 6) is 0.213. The second-order valence-corrected chi connectivity index (χ2v) is 7.93. The maximum atomic E-state index is 14.0. The van der Waals surface area contributed by atoms with Crippen LogP contribution in [0.2, 0.25) is 0 Å². The van der Waals surface area contributed by atoms with Crippen LogP contribution in [0.1, 0.15) is 37.1 Å². The van der Waals surface area contributed by atoms with Crippen LogP contribution < -0.4 is 25.8 Å². The van der Waals surface area contributed by atoms with Gasteiger partial charge in [-0.25, -0.2) is 9.18 Å². The van der Waals surface area contributed by atoms with Crippen molar-refractivity contribution in [1.82, 2.24) is 21.2 Å². The number of ether oxygens (including phenoxy) is 1. The van der Waals surface area contributed by atoms with Gasteiger partial charge in [0.2, 0.25) is 5.91 Å². The first kappa shape index (κ1) is 21.2. The number of carbonyl (C=O) groups is 2. The largest absolute Gasteiger partial charge is 0.490 e. The molecule has 2 fully saturated rings. The summed E-state index contributed by atoms with van der Waals surface area (Å²) in [6.07, 6.45) is 4.58. The first-order valence-electron chi connectivity index (χ1n) is 10.5. The Kier molecular flexibility index (Phi) is 6.43. The molecule has 2 aromatic rings. The monoisotopic (exact) mass is 427 g/mol. The first-order valence-corrected chi connectivity index (χ1v) is 10.5. The third kappa shape index (κ3) is 5.56. The van der Waals surface area contributed by atoms with Crippen LogP contribution >= 0.6 is 0 Å². The molecule has 1 saturated heterocycles. The number of hydrazine groups is 1. The van der Waals surface area contributed by atoms with Crippen LogP contribution in [0.5, 0.6) is 5.75 Å². The molecule has 0 radical (unpaired) electrons. The SMILES string of the molecule is CC(NNCCc1ccc(N2CC(=O)NC2=O)cn1)c1ccc(F)c(OCC2CC2)c1. The van der Waals surface area contributed by atoms with E-state index in [0.717, 1.165) is 24.1 Å². The lowest BCUT2D eigenvalue weighted by Crippen LogP contribution is -2.35. The van der Waals surface area contributed by atoms with Crippen LogP contribution in [0.3, 0.4) is 0 Å². The van der Waals surface area contributed by atoms with Crippen molar-refractivity contribution >= 4 is 17.6 Å². The zero-order valence-corrected chi connectivity index (χ0v) is 17.4. The number of carbonyl (C=O) groups excluding carboxylic acids is 2. The topological polar surface area (TPSA) is 95.6 Å². The minimum absolute atomic E-state index is 0.0138. The van der Waals surface area contributed by atoms with Crippen molar-refractivity contribution in [3.05, 3.63) is 53.6 Å². The van der Waals surface area contributed by atoms with E-state index in [2.05, 4.69) is 21.2 Å². The van der Waals surface area contributed by atoms with Gasteiger partial charge in [-0.1, -0.05) is 6.07 Å². The normalized spacial score (nSPS) is 17.0. The van der Waals surface area contributed by atoms with E-state index in [1.165, 1.54) is 11.0 Å². The molecule has 3 N–H and O–H groups in total. The van der Waals surface area contributed by atoms with E-state index in [4.69, 9.17) is 4.74 Å². The zero-order chi connectivity index (χ0) is 21.8. The molecule has 0 bridgehead atoms. The van der Waals surface area contributed by atoms with E-state index in [0.29, 0.717) is 36.9 Å². The smallest absolute Gasteiger partial charge is 0.329 e. The van der Waals surface area contributed by atoms with Gasteiger partial charge in [0.25, 0.3) is 0 Å². The molecule has 3 amide bonds. The van der Waals surface area contributed by atoms with Crippen LogP contribution in [0.25, 0.3) is 0 Å². The Morgan fingerprint density at radius 2 is 2.13 bits per heavy atom. The minimum Gasteiger partial charge on any atom is -0.490 e. The molecule has 9 heteroatoms. The molecule has 1 aliphatic carbocycles. The molecule has 4 rings (SSSR count). The summed E-state index contributed by atoms with van der Waals surface area (Å²) >= 11 is 0. The van der Waals surface area contributed by atoms with Gasteiger partial charge in [-0.2, -0.15) is 0 Å². The summed E-state index contributed by atoms with van der Waals surface area (Å²) in [6, 6.07) is 8.08. The van der Waals surface area contributed by atoms with Gasteiger partial charge in [-0.15, -0.1) is 0 Å². The van der Waals surface area contributed by atoms with E-state index in [1.807, 2.05) is 13.0 Å². The maximum absolute atomic E-state index is 14.0. The molecule has 1 aliphatic heterocycles. The van der Waals surface area contributed by atoms with Crippen molar-refractivity contribution < 1.29 is 18.7 Å². The number of benzene rings is 1. The number of halogens is 1. The highest BCUT2D eigenvalue weighted by Crippen LogP contribution is 2.31. The molecular formula is C22H26FN5O3. The van der Waals surface area contributed by atoms with Gasteiger partial charge >= 0.3 is 6.03 Å². The fraction of sp³-hybridized carbons (Fsp3) is 0.409. The summed E-state index contributed by atoms with van der Waals surface area (Å²) in [7, 11) is 0. The van der Waals surface area contributed by atoms with Crippen LogP contribution in [0, 0.1) is 11.7 Å². The number of hydrogen-bond acceptors (Lipinski definition) is 6. The van der Waals surface area contributed by atoms with E-state index in [1.54, 1.807) is 24.4 Å². The Morgan fingerprint density at radius 1 is 1.29 bits per heavy atom. The number of hydrogen-bond donors (Lipinski definition) is 3. The van der Waals surface area contributed by atoms with Crippen LogP contribution in [0.4, 0.5) is 14.9 Å². The van der Waals surface area contributed by atoms with Gasteiger partial charge in [0, 0.05) is 24.7 Å². The molecule has 1 saturated carbocycles. The molecule has 8 nitrogen and oxygen atoms in total. The van der Waals surface area contributed by atoms with Gasteiger partial charge in [0.1, 0.15) is 6.54 Å². The molecule has 0 spiro atoms. The van der Waals surface area contributed by atoms with Crippen molar-refractivity contribution in [3.8, 4) is 5.75 Å². The van der Waals surface area contributed by atoms with Gasteiger partial charge in [0.05, 0.1) is 18.5 Å². The molecule has 1 unspecified atom stereocenters. The zero-order valence-electron chi connectivity index (χ0n) is 17.4. The van der Waals surface area contributed by atoms with Gasteiger partial charge in [-0.05, 0) is 55.5 Å². The maximum Gasteiger partial charge on any atom is 0.329 e. The summed E-state index contributed by atoms with van der Waals surface area (Å²) in [6.45, 7) is 3.21. The molecule has 164 valence electrons. The molecule has 1 aromatic carbocycles. The van der Waals surface area contributed by atoms with Crippen molar-refractivity contribution in [1.29, 1.82) is 0 Å². The number of anilines is 1. The Labute approximate surface area is 180 Å². The standard InChI is InChI=1S/C22H26FN5O3/c1-14(16-4-7-19(23)20(10-16)31-13-15-2-3-15)27-25-9-8-17-5-6-18(11-24-17)28-12-21(29)26-22(28)30/h4-7,10-11,14-15,25,27H,2-3,8-9,12-13H2,1H3,(H,26,29,30). The van der Waals surface area contributed by atoms with E-state index >= 15 is 0 Å². The third-order valence-corrected chi connectivity index (χ3v) is 5.37. The number of nitrogens with one attached hydrogen (secondary N) is 3. The average Bonchev–Trinajstić information content (AvgIpc) is 3.53. The summed E-state index contributed by atoms with van der Waals surface area (Å²) in [5, 5.41) is 2.24. The van der Waals surface area contributed by atoms with E-state index in [-0.39, 0.29) is 24.3 Å².